The quantitative estimate of drug-likeness (QED) is 0.739. The summed E-state index contributed by atoms with van der Waals surface area (Å²) in [7, 11) is 0. The summed E-state index contributed by atoms with van der Waals surface area (Å²) in [6.45, 7) is 1.79. The molecular formula is C11H10F3N. The third-order valence-corrected chi connectivity index (χ3v) is 2.11. The minimum absolute atomic E-state index is 0.198. The van der Waals surface area contributed by atoms with E-state index in [1.165, 1.54) is 6.07 Å². The number of nitriles is 1. The molecule has 0 bridgehead atoms. The van der Waals surface area contributed by atoms with E-state index in [-0.39, 0.29) is 11.1 Å². The van der Waals surface area contributed by atoms with Gasteiger partial charge in [-0.2, -0.15) is 18.4 Å². The van der Waals surface area contributed by atoms with Crippen molar-refractivity contribution in [2.24, 2.45) is 0 Å². The van der Waals surface area contributed by atoms with Crippen molar-refractivity contribution < 1.29 is 13.2 Å². The maximum absolute atomic E-state index is 12.2. The zero-order valence-electron chi connectivity index (χ0n) is 8.23. The molecule has 0 aliphatic carbocycles. The Kier molecular flexibility index (Phi) is 3.35. The predicted octanol–water partition coefficient (Wildman–Crippen LogP) is 3.23. The zero-order chi connectivity index (χ0) is 11.5. The third kappa shape index (κ3) is 3.28. The highest BCUT2D eigenvalue weighted by Crippen LogP contribution is 2.24. The Morgan fingerprint density at radius 1 is 1.27 bits per heavy atom. The monoisotopic (exact) mass is 213 g/mol. The Balaban J connectivity index is 3.08. The fourth-order valence-corrected chi connectivity index (χ4v) is 1.42. The van der Waals surface area contributed by atoms with Crippen LogP contribution in [0, 0.1) is 11.3 Å². The fraction of sp³-hybridized carbons (Fsp3) is 0.364. The number of halogens is 3. The molecule has 0 unspecified atom stereocenters. The molecule has 0 saturated carbocycles. The summed E-state index contributed by atoms with van der Waals surface area (Å²) in [5.41, 5.74) is 1.11. The van der Waals surface area contributed by atoms with Gasteiger partial charge >= 0.3 is 6.18 Å². The maximum Gasteiger partial charge on any atom is 0.393 e. The van der Waals surface area contributed by atoms with Gasteiger partial charge in [-0.25, -0.2) is 0 Å². The molecule has 0 aliphatic rings. The van der Waals surface area contributed by atoms with Crippen LogP contribution in [0.25, 0.3) is 0 Å². The van der Waals surface area contributed by atoms with E-state index in [9.17, 15) is 13.2 Å². The fourth-order valence-electron chi connectivity index (χ4n) is 1.42. The Bertz CT molecular complexity index is 388. The number of benzene rings is 1. The van der Waals surface area contributed by atoms with Crippen LogP contribution in [0.2, 0.25) is 0 Å². The maximum atomic E-state index is 12.2. The van der Waals surface area contributed by atoms with Gasteiger partial charge in [-0.05, 0) is 29.7 Å². The molecule has 1 aromatic rings. The number of alkyl halides is 3. The van der Waals surface area contributed by atoms with Gasteiger partial charge in [-0.15, -0.1) is 0 Å². The molecule has 1 aromatic carbocycles. The van der Waals surface area contributed by atoms with Crippen molar-refractivity contribution in [2.45, 2.75) is 25.9 Å². The molecule has 15 heavy (non-hydrogen) atoms. The van der Waals surface area contributed by atoms with Crippen LogP contribution in [0.1, 0.15) is 23.6 Å². The first-order chi connectivity index (χ1) is 6.96. The van der Waals surface area contributed by atoms with E-state index >= 15 is 0 Å². The third-order valence-electron chi connectivity index (χ3n) is 2.11. The van der Waals surface area contributed by atoms with E-state index in [0.29, 0.717) is 12.0 Å². The zero-order valence-corrected chi connectivity index (χ0v) is 8.23. The minimum atomic E-state index is -4.22. The molecule has 0 fully saturated rings. The van der Waals surface area contributed by atoms with E-state index < -0.39 is 12.6 Å². The second-order valence-electron chi connectivity index (χ2n) is 3.24. The lowest BCUT2D eigenvalue weighted by Crippen LogP contribution is -2.13. The average Bonchev–Trinajstić information content (AvgIpc) is 2.15. The van der Waals surface area contributed by atoms with Crippen LogP contribution < -0.4 is 0 Å². The van der Waals surface area contributed by atoms with Crippen LogP contribution in [0.3, 0.4) is 0 Å². The van der Waals surface area contributed by atoms with Gasteiger partial charge < -0.3 is 0 Å². The molecule has 80 valence electrons. The van der Waals surface area contributed by atoms with Crippen LogP contribution in [-0.2, 0) is 12.8 Å². The summed E-state index contributed by atoms with van der Waals surface area (Å²) >= 11 is 0. The number of hydrogen-bond acceptors (Lipinski definition) is 1. The highest BCUT2D eigenvalue weighted by molar-refractivity contribution is 5.38. The smallest absolute Gasteiger partial charge is 0.192 e. The molecule has 0 heterocycles. The van der Waals surface area contributed by atoms with Crippen LogP contribution in [0.4, 0.5) is 13.2 Å². The van der Waals surface area contributed by atoms with Crippen molar-refractivity contribution >= 4 is 0 Å². The topological polar surface area (TPSA) is 23.8 Å². The van der Waals surface area contributed by atoms with Crippen molar-refractivity contribution in [1.82, 2.24) is 0 Å². The van der Waals surface area contributed by atoms with Crippen LogP contribution in [0.15, 0.2) is 18.2 Å². The average molecular weight is 213 g/mol. The van der Waals surface area contributed by atoms with Crippen molar-refractivity contribution in [1.29, 1.82) is 5.26 Å². The summed E-state index contributed by atoms with van der Waals surface area (Å²) in [5.74, 6) is 0. The number of nitrogens with zero attached hydrogens (tertiary/aromatic N) is 1. The number of rotatable bonds is 2. The van der Waals surface area contributed by atoms with E-state index in [1.54, 1.807) is 19.1 Å². The summed E-state index contributed by atoms with van der Waals surface area (Å²) in [6, 6.07) is 6.27. The van der Waals surface area contributed by atoms with Crippen LogP contribution >= 0.6 is 0 Å². The highest BCUT2D eigenvalue weighted by atomic mass is 19.4. The number of hydrogen-bond donors (Lipinski definition) is 0. The summed E-state index contributed by atoms with van der Waals surface area (Å²) < 4.78 is 36.6. The molecule has 4 heteroatoms. The SMILES string of the molecule is CCc1ccc(C#N)cc1CC(F)(F)F. The van der Waals surface area contributed by atoms with E-state index in [0.717, 1.165) is 0 Å². The van der Waals surface area contributed by atoms with Gasteiger partial charge in [-0.1, -0.05) is 13.0 Å². The van der Waals surface area contributed by atoms with Gasteiger partial charge in [0.25, 0.3) is 0 Å². The minimum Gasteiger partial charge on any atom is -0.192 e. The molecule has 1 nitrogen and oxygen atoms in total. The lowest BCUT2D eigenvalue weighted by Gasteiger charge is -2.10. The first-order valence-corrected chi connectivity index (χ1v) is 4.55. The van der Waals surface area contributed by atoms with Gasteiger partial charge in [0.2, 0.25) is 0 Å². The Morgan fingerprint density at radius 2 is 1.93 bits per heavy atom. The van der Waals surface area contributed by atoms with Gasteiger partial charge in [0.1, 0.15) is 0 Å². The first kappa shape index (κ1) is 11.6. The van der Waals surface area contributed by atoms with E-state index in [1.807, 2.05) is 6.07 Å². The van der Waals surface area contributed by atoms with Gasteiger partial charge in [0, 0.05) is 0 Å². The second-order valence-corrected chi connectivity index (χ2v) is 3.24. The van der Waals surface area contributed by atoms with Gasteiger partial charge in [0.15, 0.2) is 0 Å². The first-order valence-electron chi connectivity index (χ1n) is 4.55. The van der Waals surface area contributed by atoms with Crippen molar-refractivity contribution in [3.05, 3.63) is 34.9 Å². The molecule has 0 radical (unpaired) electrons. The molecule has 0 aliphatic heterocycles. The van der Waals surface area contributed by atoms with Crippen molar-refractivity contribution in [2.75, 3.05) is 0 Å². The molecule has 1 rings (SSSR count). The van der Waals surface area contributed by atoms with Crippen LogP contribution in [-0.4, -0.2) is 6.18 Å². The molecule has 0 saturated heterocycles. The Morgan fingerprint density at radius 3 is 2.40 bits per heavy atom. The van der Waals surface area contributed by atoms with E-state index in [2.05, 4.69) is 0 Å². The lowest BCUT2D eigenvalue weighted by molar-refractivity contribution is -0.127. The van der Waals surface area contributed by atoms with E-state index in [4.69, 9.17) is 5.26 Å². The summed E-state index contributed by atoms with van der Waals surface area (Å²) in [5, 5.41) is 8.59. The molecule has 0 spiro atoms. The Hall–Kier alpha value is -1.50. The second kappa shape index (κ2) is 4.35. The standard InChI is InChI=1S/C11H10F3N/c1-2-9-4-3-8(7-15)5-10(9)6-11(12,13)14/h3-5H,2,6H2,1H3. The molecule has 0 N–H and O–H groups in total. The molecule has 0 amide bonds. The van der Waals surface area contributed by atoms with Crippen molar-refractivity contribution in [3.8, 4) is 6.07 Å². The van der Waals surface area contributed by atoms with Gasteiger partial charge in [0.05, 0.1) is 18.1 Å². The predicted molar refractivity (Wildman–Crippen MR) is 50.3 cm³/mol. The summed E-state index contributed by atoms with van der Waals surface area (Å²) in [6.07, 6.45) is -4.65. The Labute approximate surface area is 86.1 Å². The normalized spacial score (nSPS) is 11.1. The van der Waals surface area contributed by atoms with Crippen LogP contribution in [0.5, 0.6) is 0 Å². The molecule has 0 atom stereocenters. The molecular weight excluding hydrogens is 203 g/mol. The highest BCUT2D eigenvalue weighted by Gasteiger charge is 2.28. The van der Waals surface area contributed by atoms with Crippen molar-refractivity contribution in [3.63, 3.8) is 0 Å². The number of aryl methyl sites for hydroxylation is 1. The van der Waals surface area contributed by atoms with Gasteiger partial charge in [-0.3, -0.25) is 0 Å². The largest absolute Gasteiger partial charge is 0.393 e. The summed E-state index contributed by atoms with van der Waals surface area (Å²) in [4.78, 5) is 0. The molecule has 0 aromatic heterocycles. The lowest BCUT2D eigenvalue weighted by atomic mass is 10.00.